The number of esters is 2. The predicted octanol–water partition coefficient (Wildman–Crippen LogP) is 6.36. The van der Waals surface area contributed by atoms with Gasteiger partial charge in [0.2, 0.25) is 0 Å². The molecule has 0 saturated heterocycles. The summed E-state index contributed by atoms with van der Waals surface area (Å²) in [5.74, 6) is -0.0132. The Balaban J connectivity index is 1.85. The molecule has 0 N–H and O–H groups in total. The van der Waals surface area contributed by atoms with Crippen LogP contribution in [0, 0.1) is 0 Å². The average Bonchev–Trinajstić information content (AvgIpc) is 3.22. The fourth-order valence-electron chi connectivity index (χ4n) is 3.66. The number of aryl methyl sites for hydroxylation is 1. The molecule has 0 bridgehead atoms. The first-order valence-corrected chi connectivity index (χ1v) is 12.4. The monoisotopic (exact) mass is 471 g/mol. The molecule has 188 valence electrons. The molecule has 6 nitrogen and oxygen atoms in total. The lowest BCUT2D eigenvalue weighted by molar-refractivity contribution is -0.148. The smallest absolute Gasteiger partial charge is 0.340 e. The Labute approximate surface area is 204 Å². The van der Waals surface area contributed by atoms with Gasteiger partial charge in [-0.2, -0.15) is 0 Å². The number of nitrogens with zero attached hydrogens (tertiary/aromatic N) is 1. The van der Waals surface area contributed by atoms with Crippen molar-refractivity contribution in [3.8, 4) is 5.75 Å². The Morgan fingerprint density at radius 2 is 1.65 bits per heavy atom. The van der Waals surface area contributed by atoms with E-state index in [9.17, 15) is 9.59 Å². The minimum absolute atomic E-state index is 0.219. The summed E-state index contributed by atoms with van der Waals surface area (Å²) in [5.41, 5.74) is 1.21. The molecular weight excluding hydrogens is 430 g/mol. The highest BCUT2D eigenvalue weighted by Crippen LogP contribution is 2.17. The van der Waals surface area contributed by atoms with Crippen molar-refractivity contribution in [3.05, 3.63) is 53.9 Å². The summed E-state index contributed by atoms with van der Waals surface area (Å²) in [5, 5.41) is 0. The van der Waals surface area contributed by atoms with Crippen molar-refractivity contribution in [1.82, 2.24) is 4.57 Å². The molecule has 6 heteroatoms. The van der Waals surface area contributed by atoms with Crippen molar-refractivity contribution < 1.29 is 23.8 Å². The Morgan fingerprint density at radius 1 is 0.971 bits per heavy atom. The van der Waals surface area contributed by atoms with Gasteiger partial charge in [-0.15, -0.1) is 0 Å². The van der Waals surface area contributed by atoms with Crippen LogP contribution in [0.4, 0.5) is 0 Å². The lowest BCUT2D eigenvalue weighted by Gasteiger charge is -2.19. The predicted molar refractivity (Wildman–Crippen MR) is 134 cm³/mol. The number of carbonyl (C=O) groups excluding carboxylic acids is 2. The molecule has 0 radical (unpaired) electrons. The molecule has 0 saturated carbocycles. The molecule has 0 aliphatic heterocycles. The first kappa shape index (κ1) is 27.5. The van der Waals surface area contributed by atoms with E-state index in [2.05, 4.69) is 19.1 Å². The van der Waals surface area contributed by atoms with Crippen LogP contribution < -0.4 is 4.74 Å². The number of aromatic nitrogens is 1. The van der Waals surface area contributed by atoms with Crippen LogP contribution in [0.3, 0.4) is 0 Å². The highest BCUT2D eigenvalue weighted by molar-refractivity contribution is 5.89. The summed E-state index contributed by atoms with van der Waals surface area (Å²) >= 11 is 0. The Morgan fingerprint density at radius 3 is 2.29 bits per heavy atom. The van der Waals surface area contributed by atoms with Gasteiger partial charge in [-0.3, -0.25) is 4.79 Å². The topological polar surface area (TPSA) is 66.8 Å². The average molecular weight is 472 g/mol. The van der Waals surface area contributed by atoms with Crippen molar-refractivity contribution in [2.75, 3.05) is 6.61 Å². The van der Waals surface area contributed by atoms with Gasteiger partial charge in [0, 0.05) is 19.3 Å². The van der Waals surface area contributed by atoms with Gasteiger partial charge in [-0.05, 0) is 57.4 Å². The van der Waals surface area contributed by atoms with Crippen molar-refractivity contribution in [2.24, 2.45) is 0 Å². The quantitative estimate of drug-likeness (QED) is 0.237. The molecule has 1 aromatic heterocycles. The molecule has 0 aliphatic carbocycles. The standard InChI is InChI=1S/C28H41NO5/c1-6-7-8-9-10-11-12-23-13-15-25(16-14-23)32-21-26(33-22(2)30)20-29-18-17-24(19-29)27(31)34-28(3,4)5/h13-19,26H,6-12,20-21H2,1-5H3. The molecule has 1 unspecified atom stereocenters. The molecule has 34 heavy (non-hydrogen) atoms. The van der Waals surface area contributed by atoms with Gasteiger partial charge < -0.3 is 18.8 Å². The number of hydrogen-bond donors (Lipinski definition) is 0. The van der Waals surface area contributed by atoms with E-state index in [0.717, 1.165) is 12.2 Å². The Hall–Kier alpha value is -2.76. The van der Waals surface area contributed by atoms with Crippen LogP contribution in [-0.4, -0.2) is 34.8 Å². The SMILES string of the molecule is CCCCCCCCc1ccc(OCC(Cn2ccc(C(=O)OC(C)(C)C)c2)OC(C)=O)cc1. The van der Waals surface area contributed by atoms with Gasteiger partial charge in [0.05, 0.1) is 12.1 Å². The third kappa shape index (κ3) is 10.9. The van der Waals surface area contributed by atoms with Gasteiger partial charge in [0.15, 0.2) is 6.10 Å². The lowest BCUT2D eigenvalue weighted by Crippen LogP contribution is -2.28. The molecule has 1 atom stereocenters. The van der Waals surface area contributed by atoms with E-state index in [1.54, 1.807) is 23.0 Å². The zero-order chi connectivity index (χ0) is 25.0. The maximum absolute atomic E-state index is 12.3. The van der Waals surface area contributed by atoms with Crippen LogP contribution in [0.25, 0.3) is 0 Å². The van der Waals surface area contributed by atoms with Crippen LogP contribution in [0.15, 0.2) is 42.7 Å². The molecule has 0 fully saturated rings. The van der Waals surface area contributed by atoms with Gasteiger partial charge >= 0.3 is 11.9 Å². The summed E-state index contributed by atoms with van der Waals surface area (Å²) in [6.07, 6.45) is 11.8. The van der Waals surface area contributed by atoms with Gasteiger partial charge in [-0.25, -0.2) is 4.79 Å². The van der Waals surface area contributed by atoms with Crippen molar-refractivity contribution in [3.63, 3.8) is 0 Å². The molecule has 2 rings (SSSR count). The van der Waals surface area contributed by atoms with Crippen LogP contribution in [-0.2, 0) is 27.2 Å². The van der Waals surface area contributed by atoms with Crippen LogP contribution >= 0.6 is 0 Å². The highest BCUT2D eigenvalue weighted by Gasteiger charge is 2.20. The lowest BCUT2D eigenvalue weighted by atomic mass is 10.0. The number of carbonyl (C=O) groups is 2. The summed E-state index contributed by atoms with van der Waals surface area (Å²) in [7, 11) is 0. The Kier molecular flexibility index (Phi) is 11.2. The molecule has 0 spiro atoms. The van der Waals surface area contributed by atoms with E-state index in [1.807, 2.05) is 32.9 Å². The first-order valence-electron chi connectivity index (χ1n) is 12.4. The zero-order valence-electron chi connectivity index (χ0n) is 21.5. The third-order valence-corrected chi connectivity index (χ3v) is 5.31. The Bertz CT molecular complexity index is 879. The van der Waals surface area contributed by atoms with E-state index in [-0.39, 0.29) is 18.5 Å². The van der Waals surface area contributed by atoms with Crippen LogP contribution in [0.1, 0.15) is 89.1 Å². The normalized spacial score (nSPS) is 12.3. The van der Waals surface area contributed by atoms with Crippen LogP contribution in [0.2, 0.25) is 0 Å². The summed E-state index contributed by atoms with van der Waals surface area (Å²) < 4.78 is 18.6. The fraction of sp³-hybridized carbons (Fsp3) is 0.571. The molecule has 0 aliphatic rings. The van der Waals surface area contributed by atoms with Gasteiger partial charge in [0.25, 0.3) is 0 Å². The summed E-state index contributed by atoms with van der Waals surface area (Å²) in [6.45, 7) is 9.70. The van der Waals surface area contributed by atoms with Gasteiger partial charge in [-0.1, -0.05) is 51.2 Å². The largest absolute Gasteiger partial charge is 0.490 e. The van der Waals surface area contributed by atoms with E-state index in [1.165, 1.54) is 51.0 Å². The molecule has 1 heterocycles. The van der Waals surface area contributed by atoms with E-state index in [0.29, 0.717) is 12.1 Å². The molecular formula is C28H41NO5. The van der Waals surface area contributed by atoms with Crippen LogP contribution in [0.5, 0.6) is 5.75 Å². The highest BCUT2D eigenvalue weighted by atomic mass is 16.6. The third-order valence-electron chi connectivity index (χ3n) is 5.31. The number of unbranched alkanes of at least 4 members (excludes halogenated alkanes) is 5. The maximum atomic E-state index is 12.3. The number of hydrogen-bond acceptors (Lipinski definition) is 5. The minimum Gasteiger partial charge on any atom is -0.490 e. The number of rotatable bonds is 14. The zero-order valence-corrected chi connectivity index (χ0v) is 21.5. The second-order valence-corrected chi connectivity index (χ2v) is 9.80. The fourth-order valence-corrected chi connectivity index (χ4v) is 3.66. The van der Waals surface area contributed by atoms with Gasteiger partial charge in [0.1, 0.15) is 18.0 Å². The second-order valence-electron chi connectivity index (χ2n) is 9.80. The molecule has 2 aromatic rings. The first-order chi connectivity index (χ1) is 16.2. The van der Waals surface area contributed by atoms with Crippen molar-refractivity contribution >= 4 is 11.9 Å². The summed E-state index contributed by atoms with van der Waals surface area (Å²) in [6, 6.07) is 9.83. The minimum atomic E-state index is -0.558. The second kappa shape index (κ2) is 13.8. The molecule has 1 aromatic carbocycles. The number of ether oxygens (including phenoxy) is 3. The van der Waals surface area contributed by atoms with E-state index in [4.69, 9.17) is 14.2 Å². The number of benzene rings is 1. The molecule has 0 amide bonds. The summed E-state index contributed by atoms with van der Waals surface area (Å²) in [4.78, 5) is 23.8. The van der Waals surface area contributed by atoms with E-state index >= 15 is 0 Å². The maximum Gasteiger partial charge on any atom is 0.340 e. The van der Waals surface area contributed by atoms with Crippen molar-refractivity contribution in [2.45, 2.75) is 97.8 Å². The van der Waals surface area contributed by atoms with E-state index < -0.39 is 11.7 Å². The van der Waals surface area contributed by atoms with Crippen molar-refractivity contribution in [1.29, 1.82) is 0 Å².